The summed E-state index contributed by atoms with van der Waals surface area (Å²) in [6.45, 7) is 4.99. The number of aliphatic hydroxyl groups excluding tert-OH is 2. The molecular weight excluding hydrogens is 1020 g/mol. The van der Waals surface area contributed by atoms with Crippen LogP contribution in [0.4, 0.5) is 0 Å². The van der Waals surface area contributed by atoms with Crippen molar-refractivity contribution in [3.63, 3.8) is 0 Å². The molecule has 83 heavy (non-hydrogen) atoms. The van der Waals surface area contributed by atoms with Gasteiger partial charge in [0.15, 0.2) is 0 Å². The van der Waals surface area contributed by atoms with E-state index in [1.807, 2.05) is 0 Å². The maximum Gasteiger partial charge on any atom is 0.305 e. The Bertz CT molecular complexity index is 1260. The number of unbranched alkanes of at least 4 members (excludes halogenated alkanes) is 60. The molecule has 0 aliphatic carbocycles. The van der Waals surface area contributed by atoms with E-state index in [4.69, 9.17) is 4.74 Å². The summed E-state index contributed by atoms with van der Waals surface area (Å²) in [6.07, 6.45) is 91.5. The molecule has 494 valence electrons. The summed E-state index contributed by atoms with van der Waals surface area (Å²) < 4.78 is 5.49. The predicted octanol–water partition coefficient (Wildman–Crippen LogP) is 25.1. The van der Waals surface area contributed by atoms with Gasteiger partial charge in [-0.05, 0) is 51.4 Å². The maximum absolute atomic E-state index is 12.6. The summed E-state index contributed by atoms with van der Waals surface area (Å²) in [5.41, 5.74) is 0. The fraction of sp³-hybridized carbons (Fsp3) is 0.948. The monoisotopic (exact) mass is 1170 g/mol. The molecule has 1 amide bonds. The lowest BCUT2D eigenvalue weighted by Gasteiger charge is -2.22. The quantitative estimate of drug-likeness (QED) is 0.0320. The van der Waals surface area contributed by atoms with Crippen molar-refractivity contribution in [2.24, 2.45) is 0 Å². The molecule has 0 aromatic rings. The van der Waals surface area contributed by atoms with Gasteiger partial charge in [-0.3, -0.25) is 9.59 Å². The van der Waals surface area contributed by atoms with E-state index in [1.54, 1.807) is 0 Å². The molecule has 0 radical (unpaired) electrons. The van der Waals surface area contributed by atoms with Gasteiger partial charge in [0.25, 0.3) is 0 Å². The molecule has 3 N–H and O–H groups in total. The Morgan fingerprint density at radius 3 is 0.867 bits per heavy atom. The number of allylic oxidation sites excluding steroid dienone is 2. The van der Waals surface area contributed by atoms with Crippen molar-refractivity contribution in [2.75, 3.05) is 13.2 Å². The molecule has 0 rings (SSSR count). The third-order valence-corrected chi connectivity index (χ3v) is 18.3. The molecule has 0 saturated carbocycles. The Morgan fingerprint density at radius 1 is 0.325 bits per heavy atom. The van der Waals surface area contributed by atoms with Gasteiger partial charge < -0.3 is 20.3 Å². The lowest BCUT2D eigenvalue weighted by atomic mass is 10.0. The summed E-state index contributed by atoms with van der Waals surface area (Å²) in [7, 11) is 0. The highest BCUT2D eigenvalue weighted by Crippen LogP contribution is 2.20. The number of carbonyl (C=O) groups is 2. The first-order chi connectivity index (χ1) is 41.0. The minimum absolute atomic E-state index is 0.0130. The van der Waals surface area contributed by atoms with Crippen LogP contribution < -0.4 is 5.32 Å². The first kappa shape index (κ1) is 81.6. The van der Waals surface area contributed by atoms with E-state index in [-0.39, 0.29) is 18.5 Å². The second-order valence-electron chi connectivity index (χ2n) is 26.7. The average Bonchev–Trinajstić information content (AvgIpc) is 3.49. The first-order valence-corrected chi connectivity index (χ1v) is 38.4. The van der Waals surface area contributed by atoms with Gasteiger partial charge in [0.1, 0.15) is 0 Å². The molecule has 0 aromatic heterocycles. The Hall–Kier alpha value is -1.40. The zero-order valence-corrected chi connectivity index (χ0v) is 56.7. The summed E-state index contributed by atoms with van der Waals surface area (Å²) >= 11 is 0. The second kappa shape index (κ2) is 73.1. The van der Waals surface area contributed by atoms with E-state index in [2.05, 4.69) is 31.3 Å². The zero-order chi connectivity index (χ0) is 59.9. The molecule has 6 nitrogen and oxygen atoms in total. The van der Waals surface area contributed by atoms with Crippen LogP contribution in [0.2, 0.25) is 0 Å². The van der Waals surface area contributed by atoms with Crippen molar-refractivity contribution in [1.29, 1.82) is 0 Å². The SMILES string of the molecule is CCCCCC/C=C\CCCCCCCC(=O)OCCCCCCCCCCCCCCCCCCCCCCCCCCCCCCCCCCC(=O)NC(CO)C(O)CCCCCCCCCCCCCCCCCCCCCCC. The summed E-state index contributed by atoms with van der Waals surface area (Å²) in [5, 5.41) is 23.4. The van der Waals surface area contributed by atoms with Gasteiger partial charge in [-0.1, -0.05) is 392 Å². The van der Waals surface area contributed by atoms with E-state index in [1.165, 1.54) is 366 Å². The smallest absolute Gasteiger partial charge is 0.305 e. The third-order valence-electron chi connectivity index (χ3n) is 18.3. The van der Waals surface area contributed by atoms with Gasteiger partial charge in [0, 0.05) is 12.8 Å². The van der Waals surface area contributed by atoms with Gasteiger partial charge >= 0.3 is 5.97 Å². The fourth-order valence-electron chi connectivity index (χ4n) is 12.5. The standard InChI is InChI=1S/C77H151NO5/c1-3-5-7-9-11-13-15-17-18-19-20-33-36-39-42-46-49-53-57-61-65-69-75(80)74(73-79)78-76(81)70-66-62-58-54-50-47-43-40-37-34-31-29-27-25-23-21-22-24-26-28-30-32-35-38-41-44-48-52-56-60-64-68-72-83-77(82)71-67-63-59-55-51-45-16-14-12-10-8-6-4-2/h14,16,74-75,79-80H,3-13,15,17-73H2,1-2H3,(H,78,81)/b16-14-. The lowest BCUT2D eigenvalue weighted by molar-refractivity contribution is -0.143. The molecular formula is C77H151NO5. The van der Waals surface area contributed by atoms with Crippen LogP contribution in [0.25, 0.3) is 0 Å². The van der Waals surface area contributed by atoms with Crippen LogP contribution in [-0.4, -0.2) is 47.4 Å². The Labute approximate surface area is 520 Å². The van der Waals surface area contributed by atoms with Crippen LogP contribution in [0, 0.1) is 0 Å². The highest BCUT2D eigenvalue weighted by molar-refractivity contribution is 5.76. The Morgan fingerprint density at radius 2 is 0.566 bits per heavy atom. The van der Waals surface area contributed by atoms with E-state index in [0.717, 1.165) is 44.9 Å². The molecule has 0 aromatic carbocycles. The van der Waals surface area contributed by atoms with Gasteiger partial charge in [-0.2, -0.15) is 0 Å². The minimum atomic E-state index is -0.661. The number of carbonyl (C=O) groups excluding carboxylic acids is 2. The third kappa shape index (κ3) is 69.6. The van der Waals surface area contributed by atoms with E-state index >= 15 is 0 Å². The number of aliphatic hydroxyl groups is 2. The van der Waals surface area contributed by atoms with Crippen LogP contribution in [0.3, 0.4) is 0 Å². The summed E-state index contributed by atoms with van der Waals surface area (Å²) in [5.74, 6) is -0.0120. The number of hydrogen-bond donors (Lipinski definition) is 3. The highest BCUT2D eigenvalue weighted by atomic mass is 16.5. The van der Waals surface area contributed by atoms with Crippen LogP contribution in [0.15, 0.2) is 12.2 Å². The van der Waals surface area contributed by atoms with Crippen LogP contribution in [-0.2, 0) is 14.3 Å². The minimum Gasteiger partial charge on any atom is -0.466 e. The lowest BCUT2D eigenvalue weighted by Crippen LogP contribution is -2.45. The highest BCUT2D eigenvalue weighted by Gasteiger charge is 2.20. The van der Waals surface area contributed by atoms with E-state index in [9.17, 15) is 19.8 Å². The normalized spacial score (nSPS) is 12.5. The number of rotatable bonds is 73. The largest absolute Gasteiger partial charge is 0.466 e. The number of ether oxygens (including phenoxy) is 1. The van der Waals surface area contributed by atoms with Gasteiger partial charge in [-0.15, -0.1) is 0 Å². The van der Waals surface area contributed by atoms with Crippen molar-refractivity contribution in [2.45, 2.75) is 456 Å². The molecule has 6 heteroatoms. The predicted molar refractivity (Wildman–Crippen MR) is 366 cm³/mol. The molecule has 2 unspecified atom stereocenters. The molecule has 0 fully saturated rings. The summed E-state index contributed by atoms with van der Waals surface area (Å²) in [6, 6.07) is -0.538. The van der Waals surface area contributed by atoms with Crippen LogP contribution in [0.5, 0.6) is 0 Å². The number of amides is 1. The molecule has 0 aliphatic rings. The van der Waals surface area contributed by atoms with Gasteiger partial charge in [0.05, 0.1) is 25.4 Å². The average molecular weight is 1170 g/mol. The molecule has 0 saturated heterocycles. The molecule has 0 heterocycles. The van der Waals surface area contributed by atoms with Crippen molar-refractivity contribution in [3.8, 4) is 0 Å². The van der Waals surface area contributed by atoms with Gasteiger partial charge in [0.2, 0.25) is 5.91 Å². The molecule has 0 spiro atoms. The fourth-order valence-corrected chi connectivity index (χ4v) is 12.5. The Kier molecular flexibility index (Phi) is 71.8. The van der Waals surface area contributed by atoms with Crippen LogP contribution in [0.1, 0.15) is 444 Å². The molecule has 2 atom stereocenters. The van der Waals surface area contributed by atoms with Gasteiger partial charge in [-0.25, -0.2) is 0 Å². The second-order valence-corrected chi connectivity index (χ2v) is 26.7. The van der Waals surface area contributed by atoms with Crippen molar-refractivity contribution in [3.05, 3.63) is 12.2 Å². The number of esters is 1. The number of nitrogens with one attached hydrogen (secondary N) is 1. The first-order valence-electron chi connectivity index (χ1n) is 38.4. The van der Waals surface area contributed by atoms with Crippen molar-refractivity contribution in [1.82, 2.24) is 5.32 Å². The Balaban J connectivity index is 3.32. The van der Waals surface area contributed by atoms with Crippen molar-refractivity contribution >= 4 is 11.9 Å². The van der Waals surface area contributed by atoms with E-state index < -0.39 is 12.1 Å². The van der Waals surface area contributed by atoms with Crippen LogP contribution >= 0.6 is 0 Å². The van der Waals surface area contributed by atoms with Crippen molar-refractivity contribution < 1.29 is 24.5 Å². The maximum atomic E-state index is 12.6. The topological polar surface area (TPSA) is 95.9 Å². The molecule has 0 aliphatic heterocycles. The molecule has 0 bridgehead atoms. The summed E-state index contributed by atoms with van der Waals surface area (Å²) in [4.78, 5) is 24.6. The zero-order valence-electron chi connectivity index (χ0n) is 56.7. The number of hydrogen-bond acceptors (Lipinski definition) is 5. The van der Waals surface area contributed by atoms with E-state index in [0.29, 0.717) is 25.9 Å².